The predicted molar refractivity (Wildman–Crippen MR) is 95.0 cm³/mol. The maximum Gasteiger partial charge on any atom is 0.223 e. The van der Waals surface area contributed by atoms with Crippen molar-refractivity contribution in [1.82, 2.24) is 10.1 Å². The lowest BCUT2D eigenvalue weighted by molar-refractivity contribution is -0.131. The topological polar surface area (TPSA) is 80.5 Å². The monoisotopic (exact) mass is 364 g/mol. The average Bonchev–Trinajstić information content (AvgIpc) is 2.89. The molecule has 0 saturated carbocycles. The standard InChI is InChI=1S/C18H24N2O4S/c1-12-17(14(3)24-19-12)10-11-18(21)20(4)13(2)15-6-8-16(9-7-15)25(5,22)23/h6-9,13H,10-11H2,1-5H3. The molecular formula is C18H24N2O4S. The van der Waals surface area contributed by atoms with Crippen LogP contribution in [0.25, 0.3) is 0 Å². The minimum atomic E-state index is -3.22. The summed E-state index contributed by atoms with van der Waals surface area (Å²) in [6, 6.07) is 6.50. The van der Waals surface area contributed by atoms with Crippen LogP contribution in [0.1, 0.15) is 42.0 Å². The molecule has 0 aliphatic rings. The first-order valence-electron chi connectivity index (χ1n) is 8.08. The van der Waals surface area contributed by atoms with Crippen molar-refractivity contribution in [3.8, 4) is 0 Å². The van der Waals surface area contributed by atoms with Gasteiger partial charge in [0.15, 0.2) is 9.84 Å². The summed E-state index contributed by atoms with van der Waals surface area (Å²) in [5.74, 6) is 0.761. The van der Waals surface area contributed by atoms with Crippen LogP contribution in [-0.4, -0.2) is 37.7 Å². The molecule has 25 heavy (non-hydrogen) atoms. The lowest BCUT2D eigenvalue weighted by Gasteiger charge is -2.25. The lowest BCUT2D eigenvalue weighted by Crippen LogP contribution is -2.29. The molecule has 1 amide bonds. The number of aromatic nitrogens is 1. The van der Waals surface area contributed by atoms with Gasteiger partial charge in [0.1, 0.15) is 5.76 Å². The van der Waals surface area contributed by atoms with Crippen LogP contribution in [0.2, 0.25) is 0 Å². The summed E-state index contributed by atoms with van der Waals surface area (Å²) in [7, 11) is -1.46. The minimum Gasteiger partial charge on any atom is -0.361 e. The van der Waals surface area contributed by atoms with Gasteiger partial charge in [0.25, 0.3) is 0 Å². The van der Waals surface area contributed by atoms with E-state index in [9.17, 15) is 13.2 Å². The molecule has 6 nitrogen and oxygen atoms in total. The molecule has 0 saturated heterocycles. The Morgan fingerprint density at radius 3 is 2.32 bits per heavy atom. The van der Waals surface area contributed by atoms with Crippen LogP contribution in [0.4, 0.5) is 0 Å². The van der Waals surface area contributed by atoms with Crippen molar-refractivity contribution < 1.29 is 17.7 Å². The van der Waals surface area contributed by atoms with Crippen LogP contribution in [0, 0.1) is 13.8 Å². The van der Waals surface area contributed by atoms with Gasteiger partial charge < -0.3 is 9.42 Å². The molecule has 0 radical (unpaired) electrons. The summed E-state index contributed by atoms with van der Waals surface area (Å²) < 4.78 is 28.2. The number of hydrogen-bond donors (Lipinski definition) is 0. The molecular weight excluding hydrogens is 340 g/mol. The first-order valence-corrected chi connectivity index (χ1v) is 9.98. The van der Waals surface area contributed by atoms with E-state index in [0.29, 0.717) is 12.8 Å². The van der Waals surface area contributed by atoms with E-state index < -0.39 is 9.84 Å². The van der Waals surface area contributed by atoms with Crippen molar-refractivity contribution >= 4 is 15.7 Å². The van der Waals surface area contributed by atoms with Gasteiger partial charge in [-0.1, -0.05) is 17.3 Å². The highest BCUT2D eigenvalue weighted by Crippen LogP contribution is 2.22. The summed E-state index contributed by atoms with van der Waals surface area (Å²) in [6.07, 6.45) is 2.13. The summed E-state index contributed by atoms with van der Waals surface area (Å²) in [5.41, 5.74) is 2.69. The first-order chi connectivity index (χ1) is 11.6. The van der Waals surface area contributed by atoms with Crippen molar-refractivity contribution in [3.63, 3.8) is 0 Å². The number of benzene rings is 1. The third kappa shape index (κ3) is 4.48. The molecule has 2 aromatic rings. The van der Waals surface area contributed by atoms with Crippen LogP contribution < -0.4 is 0 Å². The number of aryl methyl sites for hydroxylation is 2. The van der Waals surface area contributed by atoms with E-state index in [1.807, 2.05) is 20.8 Å². The Labute approximate surface area is 148 Å². The van der Waals surface area contributed by atoms with Gasteiger partial charge in [0.2, 0.25) is 5.91 Å². The fourth-order valence-corrected chi connectivity index (χ4v) is 3.33. The molecule has 1 aromatic carbocycles. The normalized spacial score (nSPS) is 12.8. The van der Waals surface area contributed by atoms with Crippen molar-refractivity contribution in [2.24, 2.45) is 0 Å². The molecule has 2 rings (SSSR count). The first kappa shape index (κ1) is 19.2. The zero-order valence-electron chi connectivity index (χ0n) is 15.2. The Morgan fingerprint density at radius 1 is 1.24 bits per heavy atom. The summed E-state index contributed by atoms with van der Waals surface area (Å²) in [4.78, 5) is 14.4. The molecule has 0 aliphatic heterocycles. The number of rotatable bonds is 6. The van der Waals surface area contributed by atoms with Crippen molar-refractivity contribution in [3.05, 3.63) is 46.8 Å². The number of sulfone groups is 1. The number of amides is 1. The molecule has 0 aliphatic carbocycles. The fourth-order valence-electron chi connectivity index (χ4n) is 2.70. The lowest BCUT2D eigenvalue weighted by atomic mass is 10.1. The number of hydrogen-bond acceptors (Lipinski definition) is 5. The zero-order chi connectivity index (χ0) is 18.8. The van der Waals surface area contributed by atoms with E-state index in [1.54, 1.807) is 36.2 Å². The SMILES string of the molecule is Cc1noc(C)c1CCC(=O)N(C)C(C)c1ccc(S(C)(=O)=O)cc1. The smallest absolute Gasteiger partial charge is 0.223 e. The minimum absolute atomic E-state index is 0.0136. The molecule has 0 bridgehead atoms. The van der Waals surface area contributed by atoms with Gasteiger partial charge in [-0.3, -0.25) is 4.79 Å². The van der Waals surface area contributed by atoms with Crippen molar-refractivity contribution in [1.29, 1.82) is 0 Å². The van der Waals surface area contributed by atoms with E-state index in [4.69, 9.17) is 4.52 Å². The Kier molecular flexibility index (Phi) is 5.67. The number of nitrogens with zero attached hydrogens (tertiary/aromatic N) is 2. The van der Waals surface area contributed by atoms with Crippen molar-refractivity contribution in [2.45, 2.75) is 44.6 Å². The van der Waals surface area contributed by atoms with E-state index in [0.717, 1.165) is 22.6 Å². The second-order valence-corrected chi connectivity index (χ2v) is 8.34. The molecule has 0 fully saturated rings. The van der Waals surface area contributed by atoms with Crippen LogP contribution >= 0.6 is 0 Å². The Morgan fingerprint density at radius 2 is 1.84 bits per heavy atom. The van der Waals surface area contributed by atoms with E-state index in [-0.39, 0.29) is 16.8 Å². The Bertz CT molecular complexity index is 834. The summed E-state index contributed by atoms with van der Waals surface area (Å²) in [5, 5.41) is 3.90. The van der Waals surface area contributed by atoms with E-state index >= 15 is 0 Å². The number of carbonyl (C=O) groups is 1. The maximum absolute atomic E-state index is 12.5. The van der Waals surface area contributed by atoms with Crippen LogP contribution in [0.15, 0.2) is 33.7 Å². The molecule has 1 atom stereocenters. The third-order valence-corrected chi connectivity index (χ3v) is 5.66. The highest BCUT2D eigenvalue weighted by molar-refractivity contribution is 7.90. The van der Waals surface area contributed by atoms with Crippen molar-refractivity contribution in [2.75, 3.05) is 13.3 Å². The molecule has 7 heteroatoms. The average molecular weight is 364 g/mol. The molecule has 136 valence electrons. The predicted octanol–water partition coefficient (Wildman–Crippen LogP) is 2.85. The molecule has 1 aromatic heterocycles. The highest BCUT2D eigenvalue weighted by atomic mass is 32.2. The Balaban J connectivity index is 2.03. The van der Waals surface area contributed by atoms with Gasteiger partial charge in [-0.25, -0.2) is 8.42 Å². The molecule has 1 heterocycles. The second kappa shape index (κ2) is 7.39. The van der Waals surface area contributed by atoms with Crippen LogP contribution in [0.3, 0.4) is 0 Å². The van der Waals surface area contributed by atoms with E-state index in [2.05, 4.69) is 5.16 Å². The summed E-state index contributed by atoms with van der Waals surface area (Å²) in [6.45, 7) is 5.63. The third-order valence-electron chi connectivity index (χ3n) is 4.54. The highest BCUT2D eigenvalue weighted by Gasteiger charge is 2.19. The quantitative estimate of drug-likeness (QED) is 0.787. The number of carbonyl (C=O) groups excluding carboxylic acids is 1. The Hall–Kier alpha value is -2.15. The van der Waals surface area contributed by atoms with Gasteiger partial charge in [-0.15, -0.1) is 0 Å². The van der Waals surface area contributed by atoms with Gasteiger partial charge in [0.05, 0.1) is 16.6 Å². The van der Waals surface area contributed by atoms with E-state index in [1.165, 1.54) is 6.26 Å². The second-order valence-electron chi connectivity index (χ2n) is 6.32. The molecule has 1 unspecified atom stereocenters. The van der Waals surface area contributed by atoms with Crippen LogP contribution in [0.5, 0.6) is 0 Å². The molecule has 0 spiro atoms. The summed E-state index contributed by atoms with van der Waals surface area (Å²) >= 11 is 0. The van der Waals surface area contributed by atoms with Crippen LogP contribution in [-0.2, 0) is 21.1 Å². The van der Waals surface area contributed by atoms with Gasteiger partial charge in [0, 0.05) is 25.3 Å². The van der Waals surface area contributed by atoms with Gasteiger partial charge in [-0.2, -0.15) is 0 Å². The zero-order valence-corrected chi connectivity index (χ0v) is 16.1. The molecule has 0 N–H and O–H groups in total. The van der Waals surface area contributed by atoms with Gasteiger partial charge >= 0.3 is 0 Å². The largest absolute Gasteiger partial charge is 0.361 e. The fraction of sp³-hybridized carbons (Fsp3) is 0.444. The maximum atomic E-state index is 12.5. The van der Waals surface area contributed by atoms with Gasteiger partial charge in [-0.05, 0) is 44.9 Å².